The number of nitrogens with zero attached hydrogens (tertiary/aromatic N) is 2. The normalized spacial score (nSPS) is 11.5. The number of carbonyl (C=O) groups excluding carboxylic acids is 1. The lowest BCUT2D eigenvalue weighted by atomic mass is 10.1. The number of carbonyl (C=O) groups is 1. The maximum Gasteiger partial charge on any atom is 0.263 e. The Morgan fingerprint density at radius 2 is 1.56 bits per heavy atom. The van der Waals surface area contributed by atoms with Crippen LogP contribution in [0.5, 0.6) is 0 Å². The van der Waals surface area contributed by atoms with E-state index >= 15 is 0 Å². The molecule has 162 valence electrons. The average Bonchev–Trinajstić information content (AvgIpc) is 3.27. The van der Waals surface area contributed by atoms with E-state index in [9.17, 15) is 4.79 Å². The maximum absolute atomic E-state index is 12.9. The molecule has 0 saturated heterocycles. The fourth-order valence-electron chi connectivity index (χ4n) is 3.49. The summed E-state index contributed by atoms with van der Waals surface area (Å²) in [5.41, 5.74) is 3.66. The third kappa shape index (κ3) is 5.64. The first-order valence-electron chi connectivity index (χ1n) is 10.7. The third-order valence-electron chi connectivity index (χ3n) is 5.25. The topological polar surface area (TPSA) is 55.0 Å². The summed E-state index contributed by atoms with van der Waals surface area (Å²) in [4.78, 5) is 20.2. The molecule has 4 aromatic rings. The van der Waals surface area contributed by atoms with Crippen LogP contribution >= 0.6 is 0 Å². The quantitative estimate of drug-likeness (QED) is 0.264. The van der Waals surface area contributed by atoms with E-state index in [0.717, 1.165) is 23.0 Å². The van der Waals surface area contributed by atoms with Crippen LogP contribution < -0.4 is 0 Å². The zero-order valence-corrected chi connectivity index (χ0v) is 18.1. The molecule has 5 heteroatoms. The van der Waals surface area contributed by atoms with Gasteiger partial charge < -0.3 is 14.2 Å². The van der Waals surface area contributed by atoms with Gasteiger partial charge in [0.15, 0.2) is 12.4 Å². The van der Waals surface area contributed by atoms with Crippen LogP contribution in [0, 0.1) is 0 Å². The maximum atomic E-state index is 12.9. The second kappa shape index (κ2) is 10.4. The number of rotatable bonds is 9. The summed E-state index contributed by atoms with van der Waals surface area (Å²) in [5, 5.41) is 5.12. The van der Waals surface area contributed by atoms with Crippen LogP contribution in [0.1, 0.15) is 23.8 Å². The van der Waals surface area contributed by atoms with Crippen molar-refractivity contribution in [3.63, 3.8) is 0 Å². The van der Waals surface area contributed by atoms with Crippen molar-refractivity contribution >= 4 is 22.6 Å². The van der Waals surface area contributed by atoms with Crippen molar-refractivity contribution in [1.29, 1.82) is 0 Å². The predicted molar refractivity (Wildman–Crippen MR) is 126 cm³/mol. The van der Waals surface area contributed by atoms with Gasteiger partial charge in [-0.3, -0.25) is 4.79 Å². The van der Waals surface area contributed by atoms with Gasteiger partial charge >= 0.3 is 0 Å². The first-order chi connectivity index (χ1) is 15.7. The molecule has 0 N–H and O–H groups in total. The highest BCUT2D eigenvalue weighted by Crippen LogP contribution is 2.19. The molecular formula is C27H26N2O3. The Morgan fingerprint density at radius 1 is 0.906 bits per heavy atom. The van der Waals surface area contributed by atoms with Gasteiger partial charge in [-0.15, -0.1) is 0 Å². The lowest BCUT2D eigenvalue weighted by Crippen LogP contribution is -2.35. The highest BCUT2D eigenvalue weighted by atomic mass is 16.6. The minimum atomic E-state index is -0.126. The molecular weight excluding hydrogens is 400 g/mol. The molecule has 0 unspecified atom stereocenters. The van der Waals surface area contributed by atoms with E-state index in [1.807, 2.05) is 83.8 Å². The van der Waals surface area contributed by atoms with Crippen LogP contribution in [-0.2, 0) is 22.6 Å². The molecule has 0 radical (unpaired) electrons. The van der Waals surface area contributed by atoms with Crippen molar-refractivity contribution < 1.29 is 14.0 Å². The van der Waals surface area contributed by atoms with Gasteiger partial charge in [-0.05, 0) is 36.6 Å². The summed E-state index contributed by atoms with van der Waals surface area (Å²) in [6, 6.07) is 29.8. The minimum Gasteiger partial charge on any atom is -0.455 e. The fourth-order valence-corrected chi connectivity index (χ4v) is 3.49. The van der Waals surface area contributed by atoms with Gasteiger partial charge in [0.1, 0.15) is 11.3 Å². The van der Waals surface area contributed by atoms with E-state index in [0.29, 0.717) is 24.6 Å². The SMILES string of the molecule is C/C(=N/OCC(=O)N(CCc1ccccc1)Cc1ccccc1)c1cc2ccccc2o1. The first-order valence-corrected chi connectivity index (χ1v) is 10.7. The number of oxime groups is 1. The summed E-state index contributed by atoms with van der Waals surface area (Å²) in [6.45, 7) is 2.81. The highest BCUT2D eigenvalue weighted by molar-refractivity contribution is 5.99. The van der Waals surface area contributed by atoms with Crippen molar-refractivity contribution in [2.45, 2.75) is 19.9 Å². The molecule has 0 aliphatic carbocycles. The van der Waals surface area contributed by atoms with Crippen molar-refractivity contribution in [2.75, 3.05) is 13.2 Å². The van der Waals surface area contributed by atoms with Gasteiger partial charge in [0.2, 0.25) is 0 Å². The van der Waals surface area contributed by atoms with Crippen LogP contribution in [-0.4, -0.2) is 29.7 Å². The van der Waals surface area contributed by atoms with Crippen LogP contribution in [0.3, 0.4) is 0 Å². The standard InChI is InChI=1S/C27H26N2O3/c1-21(26-18-24-14-8-9-15-25(24)32-26)28-31-20-27(30)29(19-23-12-6-3-7-13-23)17-16-22-10-4-2-5-11-22/h2-15,18H,16-17,19-20H2,1H3/b28-21-. The van der Waals surface area contributed by atoms with Crippen molar-refractivity contribution in [3.05, 3.63) is 108 Å². The second-order valence-electron chi connectivity index (χ2n) is 7.64. The molecule has 4 rings (SSSR count). The Kier molecular flexibility index (Phi) is 6.98. The highest BCUT2D eigenvalue weighted by Gasteiger charge is 2.15. The van der Waals surface area contributed by atoms with E-state index in [2.05, 4.69) is 17.3 Å². The van der Waals surface area contributed by atoms with Gasteiger partial charge in [-0.2, -0.15) is 0 Å². The molecule has 0 bridgehead atoms. The fraction of sp³-hybridized carbons (Fsp3) is 0.185. The Morgan fingerprint density at radius 3 is 2.28 bits per heavy atom. The molecule has 5 nitrogen and oxygen atoms in total. The van der Waals surface area contributed by atoms with Crippen LogP contribution in [0.15, 0.2) is 101 Å². The molecule has 0 atom stereocenters. The molecule has 0 aliphatic heterocycles. The van der Waals surface area contributed by atoms with Gasteiger partial charge in [0.05, 0.1) is 0 Å². The molecule has 0 saturated carbocycles. The van der Waals surface area contributed by atoms with Gasteiger partial charge in [0, 0.05) is 18.5 Å². The molecule has 1 amide bonds. The summed E-state index contributed by atoms with van der Waals surface area (Å²) >= 11 is 0. The van der Waals surface area contributed by atoms with E-state index < -0.39 is 0 Å². The number of para-hydroxylation sites is 1. The number of hydrogen-bond acceptors (Lipinski definition) is 4. The predicted octanol–water partition coefficient (Wildman–Crippen LogP) is 5.44. The largest absolute Gasteiger partial charge is 0.455 e. The van der Waals surface area contributed by atoms with E-state index in [-0.39, 0.29) is 12.5 Å². The Bertz CT molecular complexity index is 1150. The Balaban J connectivity index is 1.39. The molecule has 0 spiro atoms. The lowest BCUT2D eigenvalue weighted by Gasteiger charge is -2.22. The van der Waals surface area contributed by atoms with E-state index in [1.54, 1.807) is 6.92 Å². The lowest BCUT2D eigenvalue weighted by molar-refractivity contribution is -0.136. The zero-order chi connectivity index (χ0) is 22.2. The molecule has 0 aliphatic rings. The number of fused-ring (bicyclic) bond motifs is 1. The first kappa shape index (κ1) is 21.4. The Hall–Kier alpha value is -3.86. The average molecular weight is 427 g/mol. The second-order valence-corrected chi connectivity index (χ2v) is 7.64. The van der Waals surface area contributed by atoms with E-state index in [4.69, 9.17) is 9.25 Å². The molecule has 0 fully saturated rings. The molecule has 32 heavy (non-hydrogen) atoms. The van der Waals surface area contributed by atoms with Crippen molar-refractivity contribution in [3.8, 4) is 0 Å². The van der Waals surface area contributed by atoms with Crippen molar-refractivity contribution in [1.82, 2.24) is 4.90 Å². The van der Waals surface area contributed by atoms with Gasteiger partial charge in [-0.1, -0.05) is 84.0 Å². The number of hydrogen-bond donors (Lipinski definition) is 0. The van der Waals surface area contributed by atoms with E-state index in [1.165, 1.54) is 5.56 Å². The number of furan rings is 1. The smallest absolute Gasteiger partial charge is 0.263 e. The third-order valence-corrected chi connectivity index (χ3v) is 5.25. The van der Waals surface area contributed by atoms with Gasteiger partial charge in [0.25, 0.3) is 5.91 Å². The van der Waals surface area contributed by atoms with Crippen LogP contribution in [0.4, 0.5) is 0 Å². The summed E-state index contributed by atoms with van der Waals surface area (Å²) in [5.74, 6) is 0.523. The number of amides is 1. The zero-order valence-electron chi connectivity index (χ0n) is 18.1. The van der Waals surface area contributed by atoms with Crippen LogP contribution in [0.2, 0.25) is 0 Å². The Labute approximate surface area is 187 Å². The molecule has 3 aromatic carbocycles. The van der Waals surface area contributed by atoms with Crippen molar-refractivity contribution in [2.24, 2.45) is 5.16 Å². The molecule has 1 aromatic heterocycles. The minimum absolute atomic E-state index is 0.106. The van der Waals surface area contributed by atoms with Crippen LogP contribution in [0.25, 0.3) is 11.0 Å². The monoisotopic (exact) mass is 426 g/mol. The molecule has 1 heterocycles. The van der Waals surface area contributed by atoms with Gasteiger partial charge in [-0.25, -0.2) is 0 Å². The number of benzene rings is 3. The summed E-state index contributed by atoms with van der Waals surface area (Å²) < 4.78 is 5.80. The summed E-state index contributed by atoms with van der Waals surface area (Å²) in [7, 11) is 0. The summed E-state index contributed by atoms with van der Waals surface area (Å²) in [6.07, 6.45) is 0.778.